The number of halogens is 5. The minimum Gasteiger partial charge on any atom is -0.427 e. The molecule has 0 bridgehead atoms. The number of hydrogen-bond donors (Lipinski definition) is 0. The first-order chi connectivity index (χ1) is 6.49. The molecule has 0 aliphatic rings. The summed E-state index contributed by atoms with van der Waals surface area (Å²) in [5.74, 6) is -0.147. The van der Waals surface area contributed by atoms with Gasteiger partial charge in [-0.15, -0.1) is 0 Å². The van der Waals surface area contributed by atoms with Crippen molar-refractivity contribution in [3.63, 3.8) is 0 Å². The van der Waals surface area contributed by atoms with Crippen molar-refractivity contribution in [1.82, 2.24) is 0 Å². The molecule has 0 aromatic heterocycles. The van der Waals surface area contributed by atoms with E-state index in [1.165, 1.54) is 29.1 Å². The van der Waals surface area contributed by atoms with Crippen molar-refractivity contribution >= 4 is 45.6 Å². The van der Waals surface area contributed by atoms with Crippen molar-refractivity contribution in [1.29, 1.82) is 0 Å². The molecule has 0 heterocycles. The van der Waals surface area contributed by atoms with Gasteiger partial charge in [0.2, 0.25) is 0 Å². The zero-order valence-corrected chi connectivity index (χ0v) is 11.1. The highest BCUT2D eigenvalue weighted by Crippen LogP contribution is 2.37. The number of hydrogen-bond acceptors (Lipinski definition) is 1. The molecule has 0 aliphatic heterocycles. The zero-order valence-electron chi connectivity index (χ0n) is 6.74. The fourth-order valence-corrected chi connectivity index (χ4v) is 1.81. The van der Waals surface area contributed by atoms with Crippen LogP contribution in [0, 0.1) is 0 Å². The highest BCUT2D eigenvalue weighted by molar-refractivity contribution is 14.1. The Morgan fingerprint density at radius 3 is 2.36 bits per heavy atom. The molecule has 0 amide bonds. The lowest BCUT2D eigenvalue weighted by atomic mass is 10.1. The van der Waals surface area contributed by atoms with Crippen LogP contribution in [0.4, 0.5) is 13.2 Å². The highest BCUT2D eigenvalue weighted by Gasteiger charge is 2.34. The van der Waals surface area contributed by atoms with Crippen molar-refractivity contribution in [3.05, 3.63) is 29.3 Å². The van der Waals surface area contributed by atoms with Gasteiger partial charge in [0.25, 0.3) is 0 Å². The average Bonchev–Trinajstić information content (AvgIpc) is 2.15. The Balaban J connectivity index is 3.22. The predicted octanol–water partition coefficient (Wildman–Crippen LogP) is 4.37. The second-order valence-corrected chi connectivity index (χ2v) is 3.74. The van der Waals surface area contributed by atoms with Crippen LogP contribution in [-0.2, 0) is 10.6 Å². The third kappa shape index (κ3) is 2.88. The predicted molar refractivity (Wildman–Crippen MR) is 63.8 cm³/mol. The van der Waals surface area contributed by atoms with Crippen molar-refractivity contribution in [2.75, 3.05) is 0 Å². The Hall–Kier alpha value is 0.270. The lowest BCUT2D eigenvalue weighted by Gasteiger charge is -2.11. The fourth-order valence-electron chi connectivity index (χ4n) is 0.949. The van der Waals surface area contributed by atoms with Gasteiger partial charge in [-0.2, -0.15) is 13.2 Å². The smallest absolute Gasteiger partial charge is 0.420 e. The van der Waals surface area contributed by atoms with Gasteiger partial charge in [0.15, 0.2) is 23.0 Å². The molecule has 78 valence electrons. The molecule has 1 aromatic carbocycles. The van der Waals surface area contributed by atoms with Gasteiger partial charge in [0.05, 0.1) is 5.56 Å². The van der Waals surface area contributed by atoms with Gasteiger partial charge < -0.3 is 3.07 Å². The topological polar surface area (TPSA) is 9.23 Å². The van der Waals surface area contributed by atoms with Gasteiger partial charge in [0.1, 0.15) is 5.75 Å². The van der Waals surface area contributed by atoms with Crippen LogP contribution >= 0.6 is 45.6 Å². The third-order valence-electron chi connectivity index (χ3n) is 1.59. The molecule has 0 unspecified atom stereocenters. The zero-order chi connectivity index (χ0) is 10.8. The highest BCUT2D eigenvalue weighted by atomic mass is 127. The molecular formula is C8H5F3I2O. The van der Waals surface area contributed by atoms with Crippen LogP contribution in [0.15, 0.2) is 18.2 Å². The van der Waals surface area contributed by atoms with Crippen LogP contribution in [0.1, 0.15) is 11.1 Å². The van der Waals surface area contributed by atoms with Gasteiger partial charge in [-0.1, -0.05) is 28.7 Å². The maximum Gasteiger partial charge on any atom is 0.420 e. The van der Waals surface area contributed by atoms with Crippen LogP contribution < -0.4 is 3.07 Å². The van der Waals surface area contributed by atoms with E-state index in [0.717, 1.165) is 6.07 Å². The lowest BCUT2D eigenvalue weighted by molar-refractivity contribution is -0.138. The van der Waals surface area contributed by atoms with Gasteiger partial charge in [-0.25, -0.2) is 0 Å². The van der Waals surface area contributed by atoms with Crippen molar-refractivity contribution in [2.24, 2.45) is 0 Å². The van der Waals surface area contributed by atoms with Crippen molar-refractivity contribution < 1.29 is 16.2 Å². The molecule has 1 aromatic rings. The first-order valence-corrected chi connectivity index (χ1v) is 5.94. The van der Waals surface area contributed by atoms with E-state index in [1.807, 2.05) is 22.6 Å². The minimum absolute atomic E-state index is 0.147. The number of alkyl halides is 4. The van der Waals surface area contributed by atoms with E-state index in [0.29, 0.717) is 9.99 Å². The Labute approximate surface area is 107 Å². The summed E-state index contributed by atoms with van der Waals surface area (Å²) in [4.78, 5) is 0. The van der Waals surface area contributed by atoms with Crippen LogP contribution in [0.25, 0.3) is 0 Å². The van der Waals surface area contributed by atoms with Gasteiger partial charge in [-0.05, 0) is 17.7 Å². The fraction of sp³-hybridized carbons (Fsp3) is 0.250. The molecule has 6 heteroatoms. The average molecular weight is 428 g/mol. The van der Waals surface area contributed by atoms with Crippen LogP contribution in [0.2, 0.25) is 0 Å². The third-order valence-corrected chi connectivity index (χ3v) is 2.94. The summed E-state index contributed by atoms with van der Waals surface area (Å²) in [6.45, 7) is 0. The summed E-state index contributed by atoms with van der Waals surface area (Å²) < 4.78 is 42.6. The maximum atomic E-state index is 12.5. The summed E-state index contributed by atoms with van der Waals surface area (Å²) >= 11 is 3.45. The molecule has 0 spiro atoms. The first-order valence-electron chi connectivity index (χ1n) is 3.53. The summed E-state index contributed by atoms with van der Waals surface area (Å²) in [6.07, 6.45) is -4.36. The second kappa shape index (κ2) is 4.86. The number of benzene rings is 1. The van der Waals surface area contributed by atoms with Crippen molar-refractivity contribution in [3.8, 4) is 5.75 Å². The normalized spacial score (nSPS) is 11.5. The van der Waals surface area contributed by atoms with Crippen LogP contribution in [0.5, 0.6) is 5.75 Å². The van der Waals surface area contributed by atoms with Gasteiger partial charge >= 0.3 is 6.18 Å². The van der Waals surface area contributed by atoms with E-state index in [2.05, 4.69) is 3.07 Å². The second-order valence-electron chi connectivity index (χ2n) is 2.54. The minimum atomic E-state index is -4.36. The molecule has 0 atom stereocenters. The van der Waals surface area contributed by atoms with Gasteiger partial charge in [0, 0.05) is 4.43 Å². The molecule has 0 aliphatic carbocycles. The first kappa shape index (κ1) is 12.3. The lowest BCUT2D eigenvalue weighted by Crippen LogP contribution is -2.06. The molecule has 0 radical (unpaired) electrons. The largest absolute Gasteiger partial charge is 0.427 e. The molecule has 0 saturated heterocycles. The van der Waals surface area contributed by atoms with E-state index in [1.54, 1.807) is 6.07 Å². The van der Waals surface area contributed by atoms with E-state index in [9.17, 15) is 13.2 Å². The maximum absolute atomic E-state index is 12.5. The Bertz CT molecular complexity index is 325. The molecule has 1 rings (SSSR count). The van der Waals surface area contributed by atoms with Crippen LogP contribution in [0.3, 0.4) is 0 Å². The van der Waals surface area contributed by atoms with E-state index < -0.39 is 11.7 Å². The Morgan fingerprint density at radius 1 is 1.29 bits per heavy atom. The monoisotopic (exact) mass is 428 g/mol. The summed E-state index contributed by atoms with van der Waals surface area (Å²) in [5.41, 5.74) is -0.0869. The van der Waals surface area contributed by atoms with Crippen molar-refractivity contribution in [2.45, 2.75) is 10.6 Å². The molecule has 0 saturated carbocycles. The van der Waals surface area contributed by atoms with E-state index in [-0.39, 0.29) is 5.75 Å². The summed E-state index contributed by atoms with van der Waals surface area (Å²) in [5, 5.41) is 0. The quantitative estimate of drug-likeness (QED) is 0.503. The molecule has 14 heavy (non-hydrogen) atoms. The van der Waals surface area contributed by atoms with Gasteiger partial charge in [-0.3, -0.25) is 0 Å². The molecular weight excluding hydrogens is 423 g/mol. The summed E-state index contributed by atoms with van der Waals surface area (Å²) in [7, 11) is 0. The van der Waals surface area contributed by atoms with E-state index in [4.69, 9.17) is 0 Å². The molecule has 1 nitrogen and oxygen atoms in total. The van der Waals surface area contributed by atoms with E-state index >= 15 is 0 Å². The molecule has 0 N–H and O–H groups in total. The Kier molecular flexibility index (Phi) is 4.29. The standard InChI is InChI=1S/C8H5F3I2O/c9-8(10,11)6-3-5(4-12)1-2-7(6)14-13/h1-3H,4H2. The number of rotatable bonds is 2. The summed E-state index contributed by atoms with van der Waals surface area (Å²) in [6, 6.07) is 4.07. The van der Waals surface area contributed by atoms with Crippen LogP contribution in [-0.4, -0.2) is 0 Å². The SMILES string of the molecule is FC(F)(F)c1cc(CI)ccc1OI. The molecule has 0 fully saturated rings. The Morgan fingerprint density at radius 2 is 1.93 bits per heavy atom.